The average Bonchev–Trinajstić information content (AvgIpc) is 3.32. The molecule has 0 radical (unpaired) electrons. The van der Waals surface area contributed by atoms with Gasteiger partial charge in [0.25, 0.3) is 0 Å². The molecule has 1 saturated heterocycles. The summed E-state index contributed by atoms with van der Waals surface area (Å²) in [4.78, 5) is 38.5. The quantitative estimate of drug-likeness (QED) is 0.488. The molecule has 3 rings (SSSR count). The van der Waals surface area contributed by atoms with Crippen LogP contribution in [0.4, 0.5) is 26.8 Å². The smallest absolute Gasteiger partial charge is 0.321 e. The van der Waals surface area contributed by atoms with Gasteiger partial charge in [0.1, 0.15) is 11.9 Å². The van der Waals surface area contributed by atoms with Crippen LogP contribution < -0.4 is 26.2 Å². The van der Waals surface area contributed by atoms with Gasteiger partial charge in [-0.05, 0) is 30.5 Å². The van der Waals surface area contributed by atoms with Crippen molar-refractivity contribution in [1.82, 2.24) is 20.8 Å². The van der Waals surface area contributed by atoms with E-state index >= 15 is 0 Å². The number of H-pyrrole nitrogens is 1. The molecule has 2 aromatic rings. The second-order valence-corrected chi connectivity index (χ2v) is 7.17. The van der Waals surface area contributed by atoms with Gasteiger partial charge in [-0.1, -0.05) is 19.9 Å². The molecule has 154 valence electrons. The fraction of sp³-hybridized carbons (Fsp3) is 0.368. The van der Waals surface area contributed by atoms with Crippen molar-refractivity contribution in [3.63, 3.8) is 0 Å². The SMILES string of the molecule is CC(C)C[C@H](NC(=O)Nc1cccc(N2CCNC2=O)c1)C(=O)Nc1ccn[nH]1. The zero-order valence-corrected chi connectivity index (χ0v) is 16.4. The topological polar surface area (TPSA) is 131 Å². The third-order valence-electron chi connectivity index (χ3n) is 4.36. The van der Waals surface area contributed by atoms with Gasteiger partial charge >= 0.3 is 12.1 Å². The van der Waals surface area contributed by atoms with Crippen molar-refractivity contribution in [3.05, 3.63) is 36.5 Å². The molecule has 0 saturated carbocycles. The first-order chi connectivity index (χ1) is 13.9. The number of hydrogen-bond donors (Lipinski definition) is 5. The zero-order chi connectivity index (χ0) is 20.8. The number of anilines is 3. The van der Waals surface area contributed by atoms with E-state index in [-0.39, 0.29) is 17.9 Å². The lowest BCUT2D eigenvalue weighted by Gasteiger charge is -2.20. The Morgan fingerprint density at radius 3 is 2.72 bits per heavy atom. The molecule has 0 unspecified atom stereocenters. The molecular formula is C19H25N7O3. The third-order valence-corrected chi connectivity index (χ3v) is 4.36. The van der Waals surface area contributed by atoms with Crippen LogP contribution in [0.2, 0.25) is 0 Å². The minimum absolute atomic E-state index is 0.168. The van der Waals surface area contributed by atoms with Gasteiger partial charge in [-0.3, -0.25) is 14.8 Å². The molecular weight excluding hydrogens is 374 g/mol. The van der Waals surface area contributed by atoms with Crippen molar-refractivity contribution in [2.75, 3.05) is 28.6 Å². The predicted octanol–water partition coefficient (Wildman–Crippen LogP) is 2.11. The first-order valence-corrected chi connectivity index (χ1v) is 9.45. The second-order valence-electron chi connectivity index (χ2n) is 7.17. The van der Waals surface area contributed by atoms with Crippen molar-refractivity contribution in [1.29, 1.82) is 0 Å². The van der Waals surface area contributed by atoms with E-state index in [1.807, 2.05) is 13.8 Å². The summed E-state index contributed by atoms with van der Waals surface area (Å²) in [6, 6.07) is 7.24. The Labute approximate surface area is 168 Å². The van der Waals surface area contributed by atoms with Crippen molar-refractivity contribution in [3.8, 4) is 0 Å². The summed E-state index contributed by atoms with van der Waals surface area (Å²) in [6.07, 6.45) is 2.00. The Morgan fingerprint density at radius 2 is 2.07 bits per heavy atom. The van der Waals surface area contributed by atoms with Gasteiger partial charge in [-0.15, -0.1) is 0 Å². The van der Waals surface area contributed by atoms with Crippen molar-refractivity contribution in [2.24, 2.45) is 5.92 Å². The summed E-state index contributed by atoms with van der Waals surface area (Å²) in [5.74, 6) is 0.327. The highest BCUT2D eigenvalue weighted by molar-refractivity contribution is 5.99. The van der Waals surface area contributed by atoms with Crippen LogP contribution in [0, 0.1) is 5.92 Å². The number of benzene rings is 1. The van der Waals surface area contributed by atoms with Gasteiger partial charge < -0.3 is 21.3 Å². The lowest BCUT2D eigenvalue weighted by Crippen LogP contribution is -2.46. The minimum atomic E-state index is -0.717. The fourth-order valence-electron chi connectivity index (χ4n) is 3.04. The number of nitrogens with zero attached hydrogens (tertiary/aromatic N) is 2. The molecule has 5 amide bonds. The number of urea groups is 2. The Kier molecular flexibility index (Phi) is 6.32. The van der Waals surface area contributed by atoms with Crippen molar-refractivity contribution >= 4 is 35.2 Å². The van der Waals surface area contributed by atoms with Gasteiger partial charge in [0.15, 0.2) is 0 Å². The molecule has 2 heterocycles. The highest BCUT2D eigenvalue weighted by Crippen LogP contribution is 2.21. The van der Waals surface area contributed by atoms with E-state index in [1.54, 1.807) is 35.2 Å². The number of carbonyl (C=O) groups is 3. The van der Waals surface area contributed by atoms with E-state index in [4.69, 9.17) is 0 Å². The summed E-state index contributed by atoms with van der Waals surface area (Å²) in [7, 11) is 0. The van der Waals surface area contributed by atoms with Crippen LogP contribution in [-0.4, -0.2) is 47.3 Å². The van der Waals surface area contributed by atoms with Crippen LogP contribution >= 0.6 is 0 Å². The molecule has 1 aromatic heterocycles. The molecule has 1 aromatic carbocycles. The zero-order valence-electron chi connectivity index (χ0n) is 16.4. The van der Waals surface area contributed by atoms with Crippen LogP contribution in [0.5, 0.6) is 0 Å². The largest absolute Gasteiger partial charge is 0.336 e. The number of nitrogens with one attached hydrogen (secondary N) is 5. The lowest BCUT2D eigenvalue weighted by atomic mass is 10.0. The standard InChI is InChI=1S/C19H25N7O3/c1-12(2)10-15(17(27)24-16-6-7-21-25-16)23-18(28)22-13-4-3-5-14(11-13)26-9-8-20-19(26)29/h3-7,11-12,15H,8-10H2,1-2H3,(H,20,29)(H2,22,23,28)(H2,21,24,25,27)/t15-/m0/s1. The van der Waals surface area contributed by atoms with Gasteiger partial charge in [-0.25, -0.2) is 9.59 Å². The van der Waals surface area contributed by atoms with E-state index in [0.29, 0.717) is 36.7 Å². The minimum Gasteiger partial charge on any atom is -0.336 e. The number of carbonyl (C=O) groups excluding carboxylic acids is 3. The highest BCUT2D eigenvalue weighted by Gasteiger charge is 2.23. The monoisotopic (exact) mass is 399 g/mol. The molecule has 1 fully saturated rings. The molecule has 0 aliphatic carbocycles. The van der Waals surface area contributed by atoms with E-state index in [9.17, 15) is 14.4 Å². The van der Waals surface area contributed by atoms with Gasteiger partial charge in [0, 0.05) is 30.5 Å². The van der Waals surface area contributed by atoms with Gasteiger partial charge in [0.05, 0.1) is 6.20 Å². The van der Waals surface area contributed by atoms with E-state index in [0.717, 1.165) is 0 Å². The second kappa shape index (κ2) is 9.09. The Bertz CT molecular complexity index is 866. The normalized spacial score (nSPS) is 14.4. The molecule has 10 heteroatoms. The summed E-state index contributed by atoms with van der Waals surface area (Å²) in [5.41, 5.74) is 1.21. The van der Waals surface area contributed by atoms with Crippen LogP contribution in [0.1, 0.15) is 20.3 Å². The third kappa shape index (κ3) is 5.47. The lowest BCUT2D eigenvalue weighted by molar-refractivity contribution is -0.118. The highest BCUT2D eigenvalue weighted by atomic mass is 16.2. The number of hydrogen-bond acceptors (Lipinski definition) is 4. The predicted molar refractivity (Wildman–Crippen MR) is 110 cm³/mol. The van der Waals surface area contributed by atoms with Crippen LogP contribution in [-0.2, 0) is 4.79 Å². The van der Waals surface area contributed by atoms with Crippen molar-refractivity contribution < 1.29 is 14.4 Å². The molecule has 1 aliphatic rings. The molecule has 0 bridgehead atoms. The van der Waals surface area contributed by atoms with E-state index in [2.05, 4.69) is 31.5 Å². The number of aromatic nitrogens is 2. The number of amides is 5. The first-order valence-electron chi connectivity index (χ1n) is 9.45. The van der Waals surface area contributed by atoms with Crippen LogP contribution in [0.15, 0.2) is 36.5 Å². The molecule has 1 atom stereocenters. The fourth-order valence-corrected chi connectivity index (χ4v) is 3.04. The van der Waals surface area contributed by atoms with E-state index in [1.165, 1.54) is 6.20 Å². The van der Waals surface area contributed by atoms with Crippen LogP contribution in [0.3, 0.4) is 0 Å². The molecule has 29 heavy (non-hydrogen) atoms. The number of aromatic amines is 1. The van der Waals surface area contributed by atoms with Gasteiger partial charge in [0.2, 0.25) is 5.91 Å². The first kappa shape index (κ1) is 20.2. The van der Waals surface area contributed by atoms with Crippen molar-refractivity contribution in [2.45, 2.75) is 26.3 Å². The Hall–Kier alpha value is -3.56. The number of rotatable bonds is 7. The molecule has 10 nitrogen and oxygen atoms in total. The maximum atomic E-state index is 12.5. The summed E-state index contributed by atoms with van der Waals surface area (Å²) in [5, 5.41) is 17.3. The average molecular weight is 399 g/mol. The summed E-state index contributed by atoms with van der Waals surface area (Å²) in [6.45, 7) is 5.10. The molecule has 5 N–H and O–H groups in total. The Balaban J connectivity index is 1.63. The summed E-state index contributed by atoms with van der Waals surface area (Å²) >= 11 is 0. The molecule has 1 aliphatic heterocycles. The summed E-state index contributed by atoms with van der Waals surface area (Å²) < 4.78 is 0. The van der Waals surface area contributed by atoms with Crippen LogP contribution in [0.25, 0.3) is 0 Å². The maximum absolute atomic E-state index is 12.5. The maximum Gasteiger partial charge on any atom is 0.321 e. The van der Waals surface area contributed by atoms with Gasteiger partial charge in [-0.2, -0.15) is 5.10 Å². The Morgan fingerprint density at radius 1 is 1.24 bits per heavy atom. The van der Waals surface area contributed by atoms with E-state index < -0.39 is 12.1 Å². The molecule has 0 spiro atoms.